The number of ether oxygens (including phenoxy) is 1. The molecule has 0 saturated heterocycles. The summed E-state index contributed by atoms with van der Waals surface area (Å²) < 4.78 is 43.5. The van der Waals surface area contributed by atoms with Crippen molar-refractivity contribution in [1.29, 1.82) is 0 Å². The van der Waals surface area contributed by atoms with Gasteiger partial charge in [-0.2, -0.15) is 0 Å². The maximum absolute atomic E-state index is 13.4. The monoisotopic (exact) mass is 216 g/mol. The van der Waals surface area contributed by atoms with E-state index in [-0.39, 0.29) is 0 Å². The molecule has 0 fully saturated rings. The fourth-order valence-electron chi connectivity index (χ4n) is 1.06. The molecule has 1 aromatic rings. The van der Waals surface area contributed by atoms with Crippen LogP contribution in [0.1, 0.15) is 15.9 Å². The van der Waals surface area contributed by atoms with E-state index in [4.69, 9.17) is 0 Å². The Labute approximate surface area is 84.0 Å². The van der Waals surface area contributed by atoms with Gasteiger partial charge in [0.25, 0.3) is 0 Å². The smallest absolute Gasteiger partial charge is 0.340 e. The Morgan fingerprint density at radius 3 is 2.47 bits per heavy atom. The predicted molar refractivity (Wildman–Crippen MR) is 47.7 cm³/mol. The molecule has 0 amide bonds. The lowest BCUT2D eigenvalue weighted by molar-refractivity contribution is 0.0594. The molecule has 15 heavy (non-hydrogen) atoms. The zero-order chi connectivity index (χ0) is 11.6. The van der Waals surface area contributed by atoms with Gasteiger partial charge < -0.3 is 4.74 Å². The van der Waals surface area contributed by atoms with Gasteiger partial charge in [-0.15, -0.1) is 0 Å². The van der Waals surface area contributed by atoms with E-state index in [0.717, 1.165) is 13.2 Å². The fraction of sp³-hybridized carbons (Fsp3) is 0.100. The largest absolute Gasteiger partial charge is 0.465 e. The molecule has 0 radical (unpaired) electrons. The molecule has 0 N–H and O–H groups in total. The Hall–Kier alpha value is -1.78. The molecule has 0 aromatic heterocycles. The van der Waals surface area contributed by atoms with Gasteiger partial charge in [-0.3, -0.25) is 0 Å². The van der Waals surface area contributed by atoms with Crippen LogP contribution in [0.5, 0.6) is 0 Å². The van der Waals surface area contributed by atoms with Gasteiger partial charge in [0.15, 0.2) is 11.6 Å². The van der Waals surface area contributed by atoms with Gasteiger partial charge in [0.2, 0.25) is 0 Å². The summed E-state index contributed by atoms with van der Waals surface area (Å²) in [5, 5.41) is 0. The van der Waals surface area contributed by atoms with Crippen molar-refractivity contribution in [3.8, 4) is 0 Å². The Morgan fingerprint density at radius 2 is 2.00 bits per heavy atom. The third-order valence-electron chi connectivity index (χ3n) is 1.80. The Bertz CT molecular complexity index is 427. The molecule has 0 aliphatic heterocycles. The second-order valence-electron chi connectivity index (χ2n) is 2.64. The molecule has 0 bridgehead atoms. The molecule has 0 aliphatic rings. The van der Waals surface area contributed by atoms with E-state index < -0.39 is 34.5 Å². The SMILES string of the molecule is C=Cc1c(F)c(F)cc(C(=O)OC)c1F. The number of hydrogen-bond donors (Lipinski definition) is 0. The number of methoxy groups -OCH3 is 1. The number of hydrogen-bond acceptors (Lipinski definition) is 2. The van der Waals surface area contributed by atoms with Crippen molar-refractivity contribution in [3.05, 3.63) is 41.2 Å². The van der Waals surface area contributed by atoms with Crippen LogP contribution < -0.4 is 0 Å². The van der Waals surface area contributed by atoms with Crippen LogP contribution in [0, 0.1) is 17.5 Å². The van der Waals surface area contributed by atoms with Crippen LogP contribution in [-0.4, -0.2) is 13.1 Å². The lowest BCUT2D eigenvalue weighted by Crippen LogP contribution is -2.08. The van der Waals surface area contributed by atoms with E-state index in [0.29, 0.717) is 6.07 Å². The molecule has 2 nitrogen and oxygen atoms in total. The minimum Gasteiger partial charge on any atom is -0.465 e. The maximum atomic E-state index is 13.4. The first-order chi connectivity index (χ1) is 7.02. The van der Waals surface area contributed by atoms with Crippen molar-refractivity contribution in [2.45, 2.75) is 0 Å². The van der Waals surface area contributed by atoms with E-state index in [1.807, 2.05) is 0 Å². The molecule has 0 spiro atoms. The molecule has 0 heterocycles. The predicted octanol–water partition coefficient (Wildman–Crippen LogP) is 2.53. The third-order valence-corrected chi connectivity index (χ3v) is 1.80. The van der Waals surface area contributed by atoms with Gasteiger partial charge >= 0.3 is 5.97 Å². The van der Waals surface area contributed by atoms with Gasteiger partial charge in [-0.25, -0.2) is 18.0 Å². The van der Waals surface area contributed by atoms with Crippen LogP contribution in [0.2, 0.25) is 0 Å². The Balaban J connectivity index is 3.50. The van der Waals surface area contributed by atoms with Gasteiger partial charge in [0.1, 0.15) is 5.82 Å². The van der Waals surface area contributed by atoms with E-state index in [2.05, 4.69) is 11.3 Å². The molecule has 0 saturated carbocycles. The summed E-state index contributed by atoms with van der Waals surface area (Å²) >= 11 is 0. The number of carbonyl (C=O) groups excluding carboxylic acids is 1. The highest BCUT2D eigenvalue weighted by molar-refractivity contribution is 5.90. The van der Waals surface area contributed by atoms with Gasteiger partial charge in [-0.05, 0) is 6.07 Å². The lowest BCUT2D eigenvalue weighted by atomic mass is 10.1. The topological polar surface area (TPSA) is 26.3 Å². The standard InChI is InChI=1S/C10H7F3O2/c1-3-5-8(12)6(10(14)15-2)4-7(11)9(5)13/h3-4H,1H2,2H3. The van der Waals surface area contributed by atoms with Crippen molar-refractivity contribution in [2.75, 3.05) is 7.11 Å². The molecule has 1 rings (SSSR count). The number of carbonyl (C=O) groups is 1. The van der Waals surface area contributed by atoms with Crippen LogP contribution in [0.25, 0.3) is 6.08 Å². The summed E-state index contributed by atoms with van der Waals surface area (Å²) in [5.74, 6) is -4.97. The average molecular weight is 216 g/mol. The quantitative estimate of drug-likeness (QED) is 0.561. The molecule has 5 heteroatoms. The van der Waals surface area contributed by atoms with Crippen molar-refractivity contribution in [2.24, 2.45) is 0 Å². The van der Waals surface area contributed by atoms with Crippen molar-refractivity contribution in [3.63, 3.8) is 0 Å². The average Bonchev–Trinajstić information content (AvgIpc) is 2.23. The number of rotatable bonds is 2. The second kappa shape index (κ2) is 4.16. The zero-order valence-electron chi connectivity index (χ0n) is 7.81. The Kier molecular flexibility index (Phi) is 3.14. The summed E-state index contributed by atoms with van der Waals surface area (Å²) in [6, 6.07) is 0.448. The van der Waals surface area contributed by atoms with Gasteiger partial charge in [-0.1, -0.05) is 12.7 Å². The van der Waals surface area contributed by atoms with Crippen LogP contribution in [0.15, 0.2) is 12.6 Å². The first-order valence-electron chi connectivity index (χ1n) is 3.91. The minimum atomic E-state index is -1.38. The summed E-state index contributed by atoms with van der Waals surface area (Å²) in [6.07, 6.45) is 0.792. The summed E-state index contributed by atoms with van der Waals surface area (Å²) in [4.78, 5) is 11.0. The van der Waals surface area contributed by atoms with Gasteiger partial charge in [0, 0.05) is 5.56 Å². The van der Waals surface area contributed by atoms with Crippen molar-refractivity contribution < 1.29 is 22.7 Å². The van der Waals surface area contributed by atoms with Crippen molar-refractivity contribution in [1.82, 2.24) is 0 Å². The van der Waals surface area contributed by atoms with Gasteiger partial charge in [0.05, 0.1) is 12.7 Å². The van der Waals surface area contributed by atoms with E-state index in [1.54, 1.807) is 0 Å². The first kappa shape index (κ1) is 11.3. The van der Waals surface area contributed by atoms with Crippen LogP contribution >= 0.6 is 0 Å². The highest BCUT2D eigenvalue weighted by Gasteiger charge is 2.21. The molecular weight excluding hydrogens is 209 g/mol. The maximum Gasteiger partial charge on any atom is 0.340 e. The molecule has 80 valence electrons. The van der Waals surface area contributed by atoms with E-state index in [1.165, 1.54) is 0 Å². The van der Waals surface area contributed by atoms with E-state index in [9.17, 15) is 18.0 Å². The molecule has 1 aromatic carbocycles. The summed E-state index contributed by atoms with van der Waals surface area (Å²) in [5.41, 5.74) is -1.35. The van der Waals surface area contributed by atoms with E-state index >= 15 is 0 Å². The Morgan fingerprint density at radius 1 is 1.40 bits per heavy atom. The first-order valence-corrected chi connectivity index (χ1v) is 3.91. The molecule has 0 atom stereocenters. The minimum absolute atomic E-state index is 0.448. The third kappa shape index (κ3) is 1.86. The number of benzene rings is 1. The fourth-order valence-corrected chi connectivity index (χ4v) is 1.06. The normalized spacial score (nSPS) is 9.87. The van der Waals surface area contributed by atoms with Crippen molar-refractivity contribution >= 4 is 12.0 Å². The highest BCUT2D eigenvalue weighted by Crippen LogP contribution is 2.21. The summed E-state index contributed by atoms with van der Waals surface area (Å²) in [7, 11) is 1.01. The lowest BCUT2D eigenvalue weighted by Gasteiger charge is -2.05. The van der Waals surface area contributed by atoms with Crippen LogP contribution in [0.3, 0.4) is 0 Å². The summed E-state index contributed by atoms with van der Waals surface area (Å²) in [6.45, 7) is 3.12. The molecule has 0 unspecified atom stereocenters. The van der Waals surface area contributed by atoms with Crippen LogP contribution in [-0.2, 0) is 4.74 Å². The molecular formula is C10H7F3O2. The highest BCUT2D eigenvalue weighted by atomic mass is 19.2. The second-order valence-corrected chi connectivity index (χ2v) is 2.64. The number of halogens is 3. The molecule has 0 aliphatic carbocycles. The number of esters is 1. The zero-order valence-corrected chi connectivity index (χ0v) is 7.81. The van der Waals surface area contributed by atoms with Crippen LogP contribution in [0.4, 0.5) is 13.2 Å².